The summed E-state index contributed by atoms with van der Waals surface area (Å²) in [4.78, 5) is 27.0. The molecule has 156 valence electrons. The van der Waals surface area contributed by atoms with Crippen molar-refractivity contribution in [3.05, 3.63) is 65.2 Å². The van der Waals surface area contributed by atoms with Gasteiger partial charge in [0.15, 0.2) is 0 Å². The maximum absolute atomic E-state index is 13.0. The Morgan fingerprint density at radius 2 is 1.86 bits per heavy atom. The van der Waals surface area contributed by atoms with Crippen LogP contribution >= 0.6 is 11.8 Å². The molecule has 0 bridgehead atoms. The fraction of sp³-hybridized carbons (Fsp3) is 0.391. The van der Waals surface area contributed by atoms with E-state index in [-0.39, 0.29) is 11.8 Å². The molecule has 1 N–H and O–H groups in total. The zero-order chi connectivity index (χ0) is 21.2. The fourth-order valence-corrected chi connectivity index (χ4v) is 3.77. The Morgan fingerprint density at radius 3 is 2.52 bits per heavy atom. The smallest absolute Gasteiger partial charge is 0.242 e. The van der Waals surface area contributed by atoms with Crippen LogP contribution in [0, 0.1) is 6.92 Å². The van der Waals surface area contributed by atoms with Gasteiger partial charge in [-0.2, -0.15) is 0 Å². The normalized spacial score (nSPS) is 11.6. The number of methoxy groups -OCH3 is 1. The number of amides is 2. The number of ether oxygens (including phenoxy) is 1. The molecule has 2 amide bonds. The molecule has 0 saturated heterocycles. The second-order valence-corrected chi connectivity index (χ2v) is 7.91. The van der Waals surface area contributed by atoms with Gasteiger partial charge in [-0.15, -0.1) is 11.8 Å². The van der Waals surface area contributed by atoms with Gasteiger partial charge in [0.05, 0.1) is 12.9 Å². The second-order valence-electron chi connectivity index (χ2n) is 6.92. The highest BCUT2D eigenvalue weighted by Gasteiger charge is 2.25. The molecule has 2 aromatic carbocycles. The number of likely N-dealkylation sites (N-methyl/N-ethyl adjacent to an activating group) is 1. The van der Waals surface area contributed by atoms with E-state index < -0.39 is 6.04 Å². The van der Waals surface area contributed by atoms with Crippen LogP contribution in [0.15, 0.2) is 48.5 Å². The molecule has 2 aromatic rings. The number of nitrogens with zero attached hydrogens (tertiary/aromatic N) is 1. The third-order valence-corrected chi connectivity index (χ3v) is 5.61. The standard InChI is InChI=1S/C23H30N2O3S/c1-5-24-23(27)18(3)25(14-20-7-6-8-21(13-20)28-4)22(26)16-29-15-19-11-9-17(2)10-12-19/h6-13,18H,5,14-16H2,1-4H3,(H,24,27). The van der Waals surface area contributed by atoms with Crippen LogP contribution in [0.25, 0.3) is 0 Å². The van der Waals surface area contributed by atoms with Gasteiger partial charge in [0.2, 0.25) is 11.8 Å². The van der Waals surface area contributed by atoms with E-state index in [1.165, 1.54) is 11.1 Å². The van der Waals surface area contributed by atoms with Gasteiger partial charge in [0.25, 0.3) is 0 Å². The van der Waals surface area contributed by atoms with E-state index in [1.54, 1.807) is 30.7 Å². The first kappa shape index (κ1) is 22.8. The Bertz CT molecular complexity index is 808. The van der Waals surface area contributed by atoms with Crippen LogP contribution in [-0.2, 0) is 21.9 Å². The lowest BCUT2D eigenvalue weighted by molar-refractivity contribution is -0.138. The minimum Gasteiger partial charge on any atom is -0.497 e. The molecule has 0 saturated carbocycles. The molecule has 2 rings (SSSR count). The number of carbonyl (C=O) groups excluding carboxylic acids is 2. The summed E-state index contributed by atoms with van der Waals surface area (Å²) in [6.45, 7) is 6.59. The van der Waals surface area contributed by atoms with Gasteiger partial charge in [0.1, 0.15) is 11.8 Å². The average Bonchev–Trinajstić information content (AvgIpc) is 2.73. The van der Waals surface area contributed by atoms with Gasteiger partial charge < -0.3 is 15.0 Å². The number of rotatable bonds is 10. The fourth-order valence-electron chi connectivity index (χ4n) is 2.90. The van der Waals surface area contributed by atoms with Crippen LogP contribution in [0.5, 0.6) is 5.75 Å². The number of thioether (sulfide) groups is 1. The van der Waals surface area contributed by atoms with E-state index in [1.807, 2.05) is 31.2 Å². The molecule has 0 radical (unpaired) electrons. The largest absolute Gasteiger partial charge is 0.497 e. The summed E-state index contributed by atoms with van der Waals surface area (Å²) in [6, 6.07) is 15.3. The van der Waals surface area contributed by atoms with Crippen molar-refractivity contribution in [1.29, 1.82) is 0 Å². The zero-order valence-corrected chi connectivity index (χ0v) is 18.4. The van der Waals surface area contributed by atoms with Gasteiger partial charge in [-0.3, -0.25) is 9.59 Å². The molecule has 0 aromatic heterocycles. The molecule has 0 spiro atoms. The number of hydrogen-bond acceptors (Lipinski definition) is 4. The third kappa shape index (κ3) is 7.13. The molecule has 5 nitrogen and oxygen atoms in total. The third-order valence-electron chi connectivity index (χ3n) is 4.62. The summed E-state index contributed by atoms with van der Waals surface area (Å²) in [5.41, 5.74) is 3.33. The topological polar surface area (TPSA) is 58.6 Å². The molecule has 6 heteroatoms. The first-order valence-electron chi connectivity index (χ1n) is 9.78. The van der Waals surface area contributed by atoms with E-state index in [0.29, 0.717) is 18.8 Å². The van der Waals surface area contributed by atoms with E-state index in [2.05, 4.69) is 36.5 Å². The molecule has 0 aliphatic carbocycles. The lowest BCUT2D eigenvalue weighted by atomic mass is 10.1. The Kier molecular flexibility index (Phi) is 9.06. The average molecular weight is 415 g/mol. The summed E-state index contributed by atoms with van der Waals surface area (Å²) < 4.78 is 5.28. The van der Waals surface area contributed by atoms with Gasteiger partial charge in [-0.1, -0.05) is 42.0 Å². The van der Waals surface area contributed by atoms with Crippen molar-refractivity contribution in [2.45, 2.75) is 39.1 Å². The molecule has 0 aliphatic heterocycles. The Labute approximate surface area is 177 Å². The Hall–Kier alpha value is -2.47. The lowest BCUT2D eigenvalue weighted by Gasteiger charge is -2.28. The molecule has 1 unspecified atom stereocenters. The molecular weight excluding hydrogens is 384 g/mol. The molecule has 0 heterocycles. The first-order chi connectivity index (χ1) is 13.9. The summed E-state index contributed by atoms with van der Waals surface area (Å²) in [6.07, 6.45) is 0. The van der Waals surface area contributed by atoms with Crippen LogP contribution < -0.4 is 10.1 Å². The highest BCUT2D eigenvalue weighted by molar-refractivity contribution is 7.99. The second kappa shape index (κ2) is 11.5. The summed E-state index contributed by atoms with van der Waals surface area (Å²) >= 11 is 1.56. The zero-order valence-electron chi connectivity index (χ0n) is 17.6. The van der Waals surface area contributed by atoms with E-state index in [4.69, 9.17) is 4.74 Å². The van der Waals surface area contributed by atoms with Crippen molar-refractivity contribution in [1.82, 2.24) is 10.2 Å². The molecule has 29 heavy (non-hydrogen) atoms. The first-order valence-corrected chi connectivity index (χ1v) is 10.9. The highest BCUT2D eigenvalue weighted by atomic mass is 32.2. The Balaban J connectivity index is 2.06. The van der Waals surface area contributed by atoms with Crippen molar-refractivity contribution < 1.29 is 14.3 Å². The maximum Gasteiger partial charge on any atom is 0.242 e. The summed E-state index contributed by atoms with van der Waals surface area (Å²) in [5.74, 6) is 1.61. The number of aryl methyl sites for hydroxylation is 1. The van der Waals surface area contributed by atoms with Crippen LogP contribution in [0.4, 0.5) is 0 Å². The van der Waals surface area contributed by atoms with Crippen molar-refractivity contribution >= 4 is 23.6 Å². The number of nitrogens with one attached hydrogen (secondary N) is 1. The van der Waals surface area contributed by atoms with Crippen molar-refractivity contribution in [2.24, 2.45) is 0 Å². The van der Waals surface area contributed by atoms with Crippen LogP contribution in [0.3, 0.4) is 0 Å². The van der Waals surface area contributed by atoms with E-state index in [9.17, 15) is 9.59 Å². The predicted octanol–water partition coefficient (Wildman–Crippen LogP) is 3.79. The van der Waals surface area contributed by atoms with Gasteiger partial charge in [-0.25, -0.2) is 0 Å². The van der Waals surface area contributed by atoms with Crippen molar-refractivity contribution in [3.8, 4) is 5.75 Å². The van der Waals surface area contributed by atoms with E-state index >= 15 is 0 Å². The van der Waals surface area contributed by atoms with E-state index in [0.717, 1.165) is 17.1 Å². The van der Waals surface area contributed by atoms with Gasteiger partial charge >= 0.3 is 0 Å². The van der Waals surface area contributed by atoms with Gasteiger partial charge in [0, 0.05) is 18.8 Å². The highest BCUT2D eigenvalue weighted by Crippen LogP contribution is 2.18. The summed E-state index contributed by atoms with van der Waals surface area (Å²) in [5, 5.41) is 2.81. The number of benzene rings is 2. The maximum atomic E-state index is 13.0. The predicted molar refractivity (Wildman–Crippen MR) is 119 cm³/mol. The minimum absolute atomic E-state index is 0.0521. The SMILES string of the molecule is CCNC(=O)C(C)N(Cc1cccc(OC)c1)C(=O)CSCc1ccc(C)cc1. The number of carbonyl (C=O) groups is 2. The van der Waals surface area contributed by atoms with Gasteiger partial charge in [-0.05, 0) is 44.0 Å². The van der Waals surface area contributed by atoms with Crippen LogP contribution in [0.2, 0.25) is 0 Å². The van der Waals surface area contributed by atoms with Crippen LogP contribution in [0.1, 0.15) is 30.5 Å². The molecule has 1 atom stereocenters. The Morgan fingerprint density at radius 1 is 1.14 bits per heavy atom. The van der Waals surface area contributed by atoms with Crippen LogP contribution in [-0.4, -0.2) is 42.2 Å². The number of hydrogen-bond donors (Lipinski definition) is 1. The quantitative estimate of drug-likeness (QED) is 0.643. The molecule has 0 fully saturated rings. The lowest BCUT2D eigenvalue weighted by Crippen LogP contribution is -2.48. The van der Waals surface area contributed by atoms with Crippen molar-refractivity contribution in [3.63, 3.8) is 0 Å². The molecule has 0 aliphatic rings. The monoisotopic (exact) mass is 414 g/mol. The minimum atomic E-state index is -0.548. The van der Waals surface area contributed by atoms with Crippen molar-refractivity contribution in [2.75, 3.05) is 19.4 Å². The summed E-state index contributed by atoms with van der Waals surface area (Å²) in [7, 11) is 1.61. The molecular formula is C23H30N2O3S.